The van der Waals surface area contributed by atoms with Gasteiger partial charge in [0.25, 0.3) is 0 Å². The Morgan fingerprint density at radius 1 is 0.500 bits per heavy atom. The van der Waals surface area contributed by atoms with E-state index in [2.05, 4.69) is 6.92 Å². The molecule has 2 fully saturated rings. The van der Waals surface area contributed by atoms with Crippen LogP contribution in [-0.4, -0.2) is 0 Å². The Kier molecular flexibility index (Phi) is 11.2. The third-order valence-electron chi connectivity index (χ3n) is 7.16. The van der Waals surface area contributed by atoms with Crippen LogP contribution in [0.2, 0.25) is 0 Å². The van der Waals surface area contributed by atoms with E-state index in [-0.39, 0.29) is 0 Å². The lowest BCUT2D eigenvalue weighted by Gasteiger charge is -2.25. The van der Waals surface area contributed by atoms with Crippen LogP contribution in [0.15, 0.2) is 0 Å². The molecule has 142 valence electrons. The Morgan fingerprint density at radius 2 is 0.917 bits per heavy atom. The quantitative estimate of drug-likeness (QED) is 0.482. The van der Waals surface area contributed by atoms with Gasteiger partial charge in [0.1, 0.15) is 0 Å². The van der Waals surface area contributed by atoms with Crippen molar-refractivity contribution in [2.24, 2.45) is 17.8 Å². The van der Waals surface area contributed by atoms with Gasteiger partial charge in [-0.3, -0.25) is 0 Å². The molecule has 0 heteroatoms. The van der Waals surface area contributed by atoms with Gasteiger partial charge in [-0.05, 0) is 17.8 Å². The fraction of sp³-hybridized carbons (Fsp3) is 1.00. The fourth-order valence-electron chi connectivity index (χ4n) is 5.54. The maximum absolute atomic E-state index is 2.36. The van der Waals surface area contributed by atoms with Gasteiger partial charge in [0.15, 0.2) is 0 Å². The summed E-state index contributed by atoms with van der Waals surface area (Å²) in [6.45, 7) is 2.36. The Hall–Kier alpha value is 0. The van der Waals surface area contributed by atoms with Gasteiger partial charge in [0, 0.05) is 0 Å². The molecule has 24 heavy (non-hydrogen) atoms. The first-order valence-corrected chi connectivity index (χ1v) is 11.9. The first kappa shape index (κ1) is 20.3. The smallest absolute Gasteiger partial charge is 0.0386 e. The van der Waals surface area contributed by atoms with Crippen molar-refractivity contribution in [2.75, 3.05) is 0 Å². The topological polar surface area (TPSA) is 0 Å². The summed E-state index contributed by atoms with van der Waals surface area (Å²) < 4.78 is 0. The summed E-state index contributed by atoms with van der Waals surface area (Å²) in [6, 6.07) is 0. The normalized spacial score (nSPS) is 29.9. The number of rotatable bonds is 4. The molecular weight excluding hydrogens is 288 g/mol. The molecule has 2 aliphatic carbocycles. The monoisotopic (exact) mass is 334 g/mol. The molecule has 2 rings (SSSR count). The van der Waals surface area contributed by atoms with E-state index < -0.39 is 0 Å². The molecule has 0 aromatic carbocycles. The summed E-state index contributed by atoms with van der Waals surface area (Å²) >= 11 is 0. The highest BCUT2D eigenvalue weighted by Crippen LogP contribution is 2.37. The number of hydrogen-bond donors (Lipinski definition) is 0. The van der Waals surface area contributed by atoms with Crippen molar-refractivity contribution in [1.82, 2.24) is 0 Å². The van der Waals surface area contributed by atoms with E-state index in [1.807, 2.05) is 0 Å². The molecule has 2 unspecified atom stereocenters. The predicted octanol–water partition coefficient (Wildman–Crippen LogP) is 8.68. The second-order valence-corrected chi connectivity index (χ2v) is 9.15. The van der Waals surface area contributed by atoms with E-state index in [1.54, 1.807) is 32.1 Å². The number of hydrogen-bond acceptors (Lipinski definition) is 0. The minimum absolute atomic E-state index is 1.05. The van der Waals surface area contributed by atoms with E-state index in [1.165, 1.54) is 96.3 Å². The van der Waals surface area contributed by atoms with Crippen molar-refractivity contribution in [3.05, 3.63) is 0 Å². The molecule has 0 N–H and O–H groups in total. The van der Waals surface area contributed by atoms with Crippen LogP contribution in [0.5, 0.6) is 0 Å². The van der Waals surface area contributed by atoms with E-state index in [9.17, 15) is 0 Å². The van der Waals surface area contributed by atoms with Gasteiger partial charge in [-0.25, -0.2) is 0 Å². The minimum atomic E-state index is 1.05. The molecule has 0 radical (unpaired) electrons. The Labute approximate surface area is 153 Å². The lowest BCUT2D eigenvalue weighted by atomic mass is 9.81. The van der Waals surface area contributed by atoms with Crippen molar-refractivity contribution in [2.45, 2.75) is 135 Å². The predicted molar refractivity (Wildman–Crippen MR) is 108 cm³/mol. The molecule has 0 amide bonds. The zero-order chi connectivity index (χ0) is 16.9. The van der Waals surface area contributed by atoms with E-state index in [4.69, 9.17) is 0 Å². The zero-order valence-corrected chi connectivity index (χ0v) is 16.9. The Bertz CT molecular complexity index is 276. The SMILES string of the molecule is CCCCC1CCCCCCCCCCC(C2CCCC2)CCC1. The van der Waals surface area contributed by atoms with Crippen LogP contribution >= 0.6 is 0 Å². The van der Waals surface area contributed by atoms with Crippen molar-refractivity contribution in [3.8, 4) is 0 Å². The van der Waals surface area contributed by atoms with E-state index >= 15 is 0 Å². The van der Waals surface area contributed by atoms with Gasteiger partial charge in [0.05, 0.1) is 0 Å². The van der Waals surface area contributed by atoms with Crippen LogP contribution in [0.1, 0.15) is 135 Å². The summed E-state index contributed by atoms with van der Waals surface area (Å²) in [5.74, 6) is 3.25. The summed E-state index contributed by atoms with van der Waals surface area (Å²) in [7, 11) is 0. The molecule has 0 aromatic heterocycles. The molecule has 0 aromatic rings. The molecule has 0 nitrogen and oxygen atoms in total. The van der Waals surface area contributed by atoms with Crippen molar-refractivity contribution < 1.29 is 0 Å². The largest absolute Gasteiger partial charge is 0.0654 e. The van der Waals surface area contributed by atoms with Crippen LogP contribution in [0.25, 0.3) is 0 Å². The van der Waals surface area contributed by atoms with Crippen LogP contribution in [0.3, 0.4) is 0 Å². The molecule has 2 saturated carbocycles. The third kappa shape index (κ3) is 8.39. The Balaban J connectivity index is 1.81. The van der Waals surface area contributed by atoms with E-state index in [0.717, 1.165) is 17.8 Å². The molecule has 2 atom stereocenters. The minimum Gasteiger partial charge on any atom is -0.0654 e. The standard InChI is InChI=1S/C24H46/c1-2-3-15-22-16-10-8-6-4-5-7-9-11-18-24(21-14-17-22)23-19-12-13-20-23/h22-24H,2-21H2,1H3. The maximum Gasteiger partial charge on any atom is -0.0386 e. The van der Waals surface area contributed by atoms with E-state index in [0.29, 0.717) is 0 Å². The van der Waals surface area contributed by atoms with Crippen LogP contribution in [0.4, 0.5) is 0 Å². The van der Waals surface area contributed by atoms with Gasteiger partial charge in [-0.2, -0.15) is 0 Å². The summed E-state index contributed by atoms with van der Waals surface area (Å²) in [5.41, 5.74) is 0. The third-order valence-corrected chi connectivity index (χ3v) is 7.16. The highest BCUT2D eigenvalue weighted by molar-refractivity contribution is 4.76. The maximum atomic E-state index is 2.36. The van der Waals surface area contributed by atoms with Crippen LogP contribution in [0, 0.1) is 17.8 Å². The molecule has 0 heterocycles. The first-order chi connectivity index (χ1) is 11.9. The van der Waals surface area contributed by atoms with Crippen molar-refractivity contribution in [1.29, 1.82) is 0 Å². The van der Waals surface area contributed by atoms with Gasteiger partial charge in [-0.1, -0.05) is 135 Å². The summed E-state index contributed by atoms with van der Waals surface area (Å²) in [5, 5.41) is 0. The van der Waals surface area contributed by atoms with Crippen molar-refractivity contribution >= 4 is 0 Å². The second-order valence-electron chi connectivity index (χ2n) is 9.15. The number of unbranched alkanes of at least 4 members (excludes halogenated alkanes) is 1. The molecule has 0 spiro atoms. The summed E-state index contributed by atoms with van der Waals surface area (Å²) in [4.78, 5) is 0. The fourth-order valence-corrected chi connectivity index (χ4v) is 5.54. The molecule has 0 bridgehead atoms. The lowest BCUT2D eigenvalue weighted by Crippen LogP contribution is -2.13. The molecule has 2 aliphatic rings. The molecule has 0 aliphatic heterocycles. The van der Waals surface area contributed by atoms with Gasteiger partial charge >= 0.3 is 0 Å². The van der Waals surface area contributed by atoms with Crippen LogP contribution in [-0.2, 0) is 0 Å². The van der Waals surface area contributed by atoms with Crippen molar-refractivity contribution in [3.63, 3.8) is 0 Å². The molecular formula is C24H46. The lowest BCUT2D eigenvalue weighted by molar-refractivity contribution is 0.269. The first-order valence-electron chi connectivity index (χ1n) is 11.9. The highest BCUT2D eigenvalue weighted by atomic mass is 14.3. The second kappa shape index (κ2) is 13.2. The van der Waals surface area contributed by atoms with Gasteiger partial charge in [0.2, 0.25) is 0 Å². The van der Waals surface area contributed by atoms with Crippen LogP contribution < -0.4 is 0 Å². The zero-order valence-electron chi connectivity index (χ0n) is 16.9. The average Bonchev–Trinajstić information content (AvgIpc) is 3.12. The average molecular weight is 335 g/mol. The molecule has 0 saturated heterocycles. The highest BCUT2D eigenvalue weighted by Gasteiger charge is 2.24. The Morgan fingerprint density at radius 3 is 1.50 bits per heavy atom. The van der Waals surface area contributed by atoms with Gasteiger partial charge < -0.3 is 0 Å². The summed E-state index contributed by atoms with van der Waals surface area (Å²) in [6.07, 6.45) is 30.4. The van der Waals surface area contributed by atoms with Gasteiger partial charge in [-0.15, -0.1) is 0 Å².